The number of hydrogen-bond donors (Lipinski definition) is 4. The third-order valence-electron chi connectivity index (χ3n) is 7.65. The van der Waals surface area contributed by atoms with Crippen LogP contribution in [0.5, 0.6) is 0 Å². The molecule has 45 heavy (non-hydrogen) atoms. The summed E-state index contributed by atoms with van der Waals surface area (Å²) < 4.78 is 26.6. The number of hydrogen-bond acceptors (Lipinski definition) is 8. The summed E-state index contributed by atoms with van der Waals surface area (Å²) in [7, 11) is -4.73. The van der Waals surface area contributed by atoms with Crippen molar-refractivity contribution in [3.63, 3.8) is 0 Å². The number of carboxylic acid groups (broad SMARTS) is 1. The van der Waals surface area contributed by atoms with Crippen molar-refractivity contribution < 1.29 is 47.8 Å². The molecule has 11 nitrogen and oxygen atoms in total. The predicted octanol–water partition coefficient (Wildman–Crippen LogP) is 7.61. The Morgan fingerprint density at radius 1 is 0.622 bits per heavy atom. The second-order valence-electron chi connectivity index (χ2n) is 12.1. The van der Waals surface area contributed by atoms with Crippen LogP contribution in [0.2, 0.25) is 0 Å². The first-order chi connectivity index (χ1) is 21.6. The van der Waals surface area contributed by atoms with E-state index in [4.69, 9.17) is 13.8 Å². The van der Waals surface area contributed by atoms with Gasteiger partial charge < -0.3 is 25.2 Å². The van der Waals surface area contributed by atoms with Gasteiger partial charge in [-0.25, -0.2) is 9.36 Å². The summed E-state index contributed by atoms with van der Waals surface area (Å²) in [6.07, 6.45) is 22.9. The summed E-state index contributed by atoms with van der Waals surface area (Å²) in [4.78, 5) is 45.4. The molecular weight excluding hydrogens is 601 g/mol. The lowest BCUT2D eigenvalue weighted by atomic mass is 10.0. The van der Waals surface area contributed by atoms with Gasteiger partial charge in [0.05, 0.1) is 13.2 Å². The highest BCUT2D eigenvalue weighted by Gasteiger charge is 2.28. The average Bonchev–Trinajstić information content (AvgIpc) is 3.00. The first-order valence-electron chi connectivity index (χ1n) is 17.6. The minimum Gasteiger partial charge on any atom is -0.480 e. The number of aliphatic hydroxyl groups is 1. The third kappa shape index (κ3) is 29.6. The molecule has 266 valence electrons. The van der Waals surface area contributed by atoms with Crippen LogP contribution in [0.15, 0.2) is 0 Å². The fourth-order valence-corrected chi connectivity index (χ4v) is 5.62. The van der Waals surface area contributed by atoms with Crippen molar-refractivity contribution >= 4 is 25.7 Å². The van der Waals surface area contributed by atoms with Crippen molar-refractivity contribution in [1.82, 2.24) is 5.32 Å². The molecule has 3 unspecified atom stereocenters. The number of aliphatic carboxylic acids is 1. The van der Waals surface area contributed by atoms with E-state index in [-0.39, 0.29) is 12.8 Å². The lowest BCUT2D eigenvalue weighted by Gasteiger charge is -2.18. The second kappa shape index (κ2) is 29.9. The molecule has 0 spiro atoms. The molecule has 1 amide bonds. The van der Waals surface area contributed by atoms with E-state index < -0.39 is 57.6 Å². The fraction of sp³-hybridized carbons (Fsp3) is 0.909. The van der Waals surface area contributed by atoms with Gasteiger partial charge in [-0.3, -0.25) is 18.6 Å². The predicted molar refractivity (Wildman–Crippen MR) is 176 cm³/mol. The number of carboxylic acids is 1. The first kappa shape index (κ1) is 43.5. The lowest BCUT2D eigenvalue weighted by molar-refractivity contribution is -0.147. The van der Waals surface area contributed by atoms with Crippen LogP contribution < -0.4 is 5.32 Å². The molecule has 0 aromatic carbocycles. The number of amides is 1. The van der Waals surface area contributed by atoms with Crippen LogP contribution >= 0.6 is 7.82 Å². The number of phosphoric acid groups is 1. The van der Waals surface area contributed by atoms with E-state index in [2.05, 4.69) is 19.2 Å². The molecule has 3 atom stereocenters. The summed E-state index contributed by atoms with van der Waals surface area (Å²) in [6.45, 7) is 2.52. The van der Waals surface area contributed by atoms with Crippen molar-refractivity contribution in [2.75, 3.05) is 19.8 Å². The number of nitrogens with one attached hydrogen (secondary N) is 1. The van der Waals surface area contributed by atoms with Crippen molar-refractivity contribution in [3.8, 4) is 0 Å². The highest BCUT2D eigenvalue weighted by Crippen LogP contribution is 2.43. The van der Waals surface area contributed by atoms with E-state index in [1.807, 2.05) is 0 Å². The van der Waals surface area contributed by atoms with Crippen molar-refractivity contribution in [1.29, 1.82) is 0 Å². The van der Waals surface area contributed by atoms with E-state index in [0.717, 1.165) is 38.5 Å². The van der Waals surface area contributed by atoms with E-state index in [9.17, 15) is 34.1 Å². The maximum Gasteiger partial charge on any atom is 0.472 e. The topological polar surface area (TPSA) is 169 Å². The molecule has 0 saturated heterocycles. The van der Waals surface area contributed by atoms with Gasteiger partial charge in [0.1, 0.15) is 12.7 Å². The number of ether oxygens (including phenoxy) is 1. The Hall–Kier alpha value is -1.52. The van der Waals surface area contributed by atoms with Crippen LogP contribution in [0.25, 0.3) is 0 Å². The highest BCUT2D eigenvalue weighted by atomic mass is 31.2. The quantitative estimate of drug-likeness (QED) is 0.0311. The molecule has 4 N–H and O–H groups in total. The fourth-order valence-electron chi connectivity index (χ4n) is 4.84. The van der Waals surface area contributed by atoms with Crippen LogP contribution in [0.3, 0.4) is 0 Å². The molecule has 0 aliphatic carbocycles. The number of unbranched alkanes of at least 4 members (excludes halogenated alkanes) is 19. The molecule has 0 bridgehead atoms. The Morgan fingerprint density at radius 3 is 1.47 bits per heavy atom. The molecule has 12 heteroatoms. The van der Waals surface area contributed by atoms with Gasteiger partial charge in [0.15, 0.2) is 6.04 Å². The van der Waals surface area contributed by atoms with Crippen molar-refractivity contribution in [2.24, 2.45) is 0 Å². The monoisotopic (exact) mass is 665 g/mol. The van der Waals surface area contributed by atoms with Gasteiger partial charge >= 0.3 is 19.8 Å². The van der Waals surface area contributed by atoms with Crippen molar-refractivity contribution in [2.45, 2.75) is 174 Å². The van der Waals surface area contributed by atoms with E-state index in [1.165, 1.54) is 83.5 Å². The highest BCUT2D eigenvalue weighted by molar-refractivity contribution is 7.47. The molecule has 0 heterocycles. The number of esters is 1. The number of rotatable bonds is 33. The standard InChI is InChI=1S/C33H64NO10P/c1-3-5-7-9-11-13-14-15-16-17-18-20-22-24-31(36)34-30(33(38)39)28-44-45(40,41)43-27-29(35)26-42-32(37)25-23-21-19-12-10-8-6-4-2/h29-30,35H,3-28H2,1-2H3,(H,34,36)(H,38,39)(H,40,41). The summed E-state index contributed by atoms with van der Waals surface area (Å²) in [6, 6.07) is -1.54. The van der Waals surface area contributed by atoms with Gasteiger partial charge in [0.25, 0.3) is 0 Å². The molecule has 0 radical (unpaired) electrons. The largest absolute Gasteiger partial charge is 0.480 e. The van der Waals surface area contributed by atoms with E-state index >= 15 is 0 Å². The lowest BCUT2D eigenvalue weighted by Crippen LogP contribution is -2.43. The van der Waals surface area contributed by atoms with Crippen LogP contribution in [0.1, 0.15) is 162 Å². The van der Waals surface area contributed by atoms with Gasteiger partial charge in [-0.05, 0) is 12.8 Å². The summed E-state index contributed by atoms with van der Waals surface area (Å²) in [5.74, 6) is -2.37. The third-order valence-corrected chi connectivity index (χ3v) is 8.60. The Labute approximate surface area is 272 Å². The zero-order chi connectivity index (χ0) is 33.6. The SMILES string of the molecule is CCCCCCCCCCCCCCCC(=O)NC(COP(=O)(O)OCC(O)COC(=O)CCCCCCCCCC)C(=O)O. The Balaban J connectivity index is 4.00. The zero-order valence-electron chi connectivity index (χ0n) is 28.2. The Bertz CT molecular complexity index is 797. The first-order valence-corrected chi connectivity index (χ1v) is 19.1. The Kier molecular flexibility index (Phi) is 28.8. The van der Waals surface area contributed by atoms with Crippen LogP contribution in [0, 0.1) is 0 Å². The van der Waals surface area contributed by atoms with Gasteiger partial charge in [-0.15, -0.1) is 0 Å². The molecule has 0 aromatic rings. The van der Waals surface area contributed by atoms with E-state index in [1.54, 1.807) is 0 Å². The molecule has 0 aliphatic rings. The number of phosphoric ester groups is 1. The van der Waals surface area contributed by atoms with Gasteiger partial charge in [-0.2, -0.15) is 0 Å². The molecule has 0 rings (SSSR count). The number of carbonyl (C=O) groups excluding carboxylic acids is 2. The van der Waals surface area contributed by atoms with Crippen LogP contribution in [-0.2, 0) is 32.7 Å². The Morgan fingerprint density at radius 2 is 1.02 bits per heavy atom. The molecule has 0 aliphatic heterocycles. The van der Waals surface area contributed by atoms with Gasteiger partial charge in [0.2, 0.25) is 5.91 Å². The summed E-state index contributed by atoms with van der Waals surface area (Å²) in [5, 5.41) is 21.6. The van der Waals surface area contributed by atoms with E-state index in [0.29, 0.717) is 12.8 Å². The maximum absolute atomic E-state index is 12.2. The molecule has 0 saturated carbocycles. The maximum atomic E-state index is 12.2. The summed E-state index contributed by atoms with van der Waals surface area (Å²) >= 11 is 0. The second-order valence-corrected chi connectivity index (χ2v) is 13.5. The summed E-state index contributed by atoms with van der Waals surface area (Å²) in [5.41, 5.74) is 0. The number of carbonyl (C=O) groups is 3. The average molecular weight is 666 g/mol. The smallest absolute Gasteiger partial charge is 0.472 e. The molecule has 0 aromatic heterocycles. The minimum absolute atomic E-state index is 0.152. The normalized spacial score (nSPS) is 14.0. The van der Waals surface area contributed by atoms with Gasteiger partial charge in [0, 0.05) is 12.8 Å². The van der Waals surface area contributed by atoms with Crippen molar-refractivity contribution in [3.05, 3.63) is 0 Å². The van der Waals surface area contributed by atoms with Crippen LogP contribution in [-0.4, -0.2) is 64.9 Å². The molecular formula is C33H64NO10P. The van der Waals surface area contributed by atoms with Gasteiger partial charge in [-0.1, -0.05) is 136 Å². The molecule has 0 fully saturated rings. The minimum atomic E-state index is -4.73. The van der Waals surface area contributed by atoms with Crippen LogP contribution in [0.4, 0.5) is 0 Å². The number of aliphatic hydroxyl groups excluding tert-OH is 1. The zero-order valence-corrected chi connectivity index (χ0v) is 29.1.